The van der Waals surface area contributed by atoms with Crippen LogP contribution in [0.15, 0.2) is 0 Å². The molecule has 0 aromatic heterocycles. The first-order valence-corrected chi connectivity index (χ1v) is 5.72. The summed E-state index contributed by atoms with van der Waals surface area (Å²) in [5.41, 5.74) is 0. The van der Waals surface area contributed by atoms with Gasteiger partial charge in [0.1, 0.15) is 0 Å². The summed E-state index contributed by atoms with van der Waals surface area (Å²) < 4.78 is 0. The zero-order chi connectivity index (χ0) is 9.94. The highest BCUT2D eigenvalue weighted by atomic mass is 15.1. The van der Waals surface area contributed by atoms with Crippen LogP contribution in [0.4, 0.5) is 0 Å². The molecule has 2 nitrogen and oxygen atoms in total. The lowest BCUT2D eigenvalue weighted by Gasteiger charge is -2.21. The third-order valence-corrected chi connectivity index (χ3v) is 2.33. The summed E-state index contributed by atoms with van der Waals surface area (Å²) in [7, 11) is 2.03. The maximum Gasteiger partial charge on any atom is 0.0107 e. The second kappa shape index (κ2) is 10.0. The predicted molar refractivity (Wildman–Crippen MR) is 60.2 cm³/mol. The first-order chi connectivity index (χ1) is 6.35. The SMILES string of the molecule is CCCCN(CCCC)CCNC. The van der Waals surface area contributed by atoms with Crippen LogP contribution in [0.1, 0.15) is 39.5 Å². The lowest BCUT2D eigenvalue weighted by Crippen LogP contribution is -2.32. The summed E-state index contributed by atoms with van der Waals surface area (Å²) in [6, 6.07) is 0. The van der Waals surface area contributed by atoms with Crippen molar-refractivity contribution < 1.29 is 0 Å². The highest BCUT2D eigenvalue weighted by molar-refractivity contribution is 4.58. The van der Waals surface area contributed by atoms with Gasteiger partial charge in [0.2, 0.25) is 0 Å². The van der Waals surface area contributed by atoms with E-state index in [1.165, 1.54) is 45.3 Å². The van der Waals surface area contributed by atoms with Crippen molar-refractivity contribution in [3.05, 3.63) is 0 Å². The molecule has 2 heteroatoms. The van der Waals surface area contributed by atoms with Crippen LogP contribution in [0.5, 0.6) is 0 Å². The molecule has 0 radical (unpaired) electrons. The van der Waals surface area contributed by atoms with E-state index in [0.717, 1.165) is 6.54 Å². The van der Waals surface area contributed by atoms with E-state index in [4.69, 9.17) is 0 Å². The van der Waals surface area contributed by atoms with Crippen LogP contribution in [0.3, 0.4) is 0 Å². The Labute approximate surface area is 83.7 Å². The molecule has 0 aromatic carbocycles. The van der Waals surface area contributed by atoms with Gasteiger partial charge in [-0.3, -0.25) is 0 Å². The van der Waals surface area contributed by atoms with Crippen molar-refractivity contribution in [1.82, 2.24) is 10.2 Å². The van der Waals surface area contributed by atoms with E-state index in [9.17, 15) is 0 Å². The highest BCUT2D eigenvalue weighted by Gasteiger charge is 2.01. The van der Waals surface area contributed by atoms with Crippen molar-refractivity contribution in [2.24, 2.45) is 0 Å². The minimum atomic E-state index is 1.12. The van der Waals surface area contributed by atoms with Gasteiger partial charge in [0, 0.05) is 13.1 Å². The number of likely N-dealkylation sites (N-methyl/N-ethyl adjacent to an activating group) is 1. The Morgan fingerprint density at radius 2 is 1.46 bits per heavy atom. The third-order valence-electron chi connectivity index (χ3n) is 2.33. The Morgan fingerprint density at radius 3 is 1.85 bits per heavy atom. The lowest BCUT2D eigenvalue weighted by atomic mass is 10.2. The van der Waals surface area contributed by atoms with Gasteiger partial charge < -0.3 is 10.2 Å². The molecular weight excluding hydrogens is 160 g/mol. The maximum atomic E-state index is 3.21. The Balaban J connectivity index is 3.47. The molecule has 0 atom stereocenters. The Hall–Kier alpha value is -0.0800. The van der Waals surface area contributed by atoms with Crippen LogP contribution in [-0.4, -0.2) is 38.1 Å². The van der Waals surface area contributed by atoms with Gasteiger partial charge in [0.15, 0.2) is 0 Å². The summed E-state index contributed by atoms with van der Waals surface area (Å²) in [6.45, 7) is 9.40. The molecule has 80 valence electrons. The van der Waals surface area contributed by atoms with E-state index < -0.39 is 0 Å². The van der Waals surface area contributed by atoms with Crippen LogP contribution in [0.2, 0.25) is 0 Å². The van der Waals surface area contributed by atoms with E-state index in [-0.39, 0.29) is 0 Å². The molecule has 0 aliphatic rings. The number of nitrogens with zero attached hydrogens (tertiary/aromatic N) is 1. The molecule has 0 saturated carbocycles. The number of unbranched alkanes of at least 4 members (excludes halogenated alkanes) is 2. The fourth-order valence-electron chi connectivity index (χ4n) is 1.37. The number of rotatable bonds is 9. The number of hydrogen-bond acceptors (Lipinski definition) is 2. The number of hydrogen-bond donors (Lipinski definition) is 1. The molecule has 0 spiro atoms. The molecular formula is C11H26N2. The predicted octanol–water partition coefficient (Wildman–Crippen LogP) is 2.11. The van der Waals surface area contributed by atoms with Crippen molar-refractivity contribution in [2.45, 2.75) is 39.5 Å². The standard InChI is InChI=1S/C11H26N2/c1-4-6-9-13(10-7-5-2)11-8-12-3/h12H,4-11H2,1-3H3. The molecule has 0 rings (SSSR count). The summed E-state index contributed by atoms with van der Waals surface area (Å²) in [4.78, 5) is 2.57. The van der Waals surface area contributed by atoms with Gasteiger partial charge >= 0.3 is 0 Å². The highest BCUT2D eigenvalue weighted by Crippen LogP contribution is 1.97. The molecule has 0 bridgehead atoms. The molecule has 0 heterocycles. The zero-order valence-electron chi connectivity index (χ0n) is 9.60. The molecule has 1 N–H and O–H groups in total. The fraction of sp³-hybridized carbons (Fsp3) is 1.00. The molecule has 13 heavy (non-hydrogen) atoms. The second-order valence-corrected chi connectivity index (χ2v) is 3.65. The average Bonchev–Trinajstić information content (AvgIpc) is 2.17. The number of nitrogens with one attached hydrogen (secondary N) is 1. The van der Waals surface area contributed by atoms with Gasteiger partial charge in [-0.1, -0.05) is 26.7 Å². The smallest absolute Gasteiger partial charge is 0.0107 e. The van der Waals surface area contributed by atoms with Crippen molar-refractivity contribution in [1.29, 1.82) is 0 Å². The first kappa shape index (κ1) is 12.9. The summed E-state index contributed by atoms with van der Waals surface area (Å²) >= 11 is 0. The average molecular weight is 186 g/mol. The lowest BCUT2D eigenvalue weighted by molar-refractivity contribution is 0.267. The van der Waals surface area contributed by atoms with Gasteiger partial charge in [-0.2, -0.15) is 0 Å². The Morgan fingerprint density at radius 1 is 0.923 bits per heavy atom. The summed E-state index contributed by atoms with van der Waals surface area (Å²) in [5.74, 6) is 0. The van der Waals surface area contributed by atoms with E-state index in [1.54, 1.807) is 0 Å². The third kappa shape index (κ3) is 8.26. The monoisotopic (exact) mass is 186 g/mol. The van der Waals surface area contributed by atoms with Gasteiger partial charge in [0.25, 0.3) is 0 Å². The maximum absolute atomic E-state index is 3.21. The van der Waals surface area contributed by atoms with Crippen LogP contribution < -0.4 is 5.32 Å². The quantitative estimate of drug-likeness (QED) is 0.593. The molecule has 0 aliphatic heterocycles. The van der Waals surface area contributed by atoms with Crippen molar-refractivity contribution in [2.75, 3.05) is 33.2 Å². The molecule has 0 amide bonds. The molecule has 0 aromatic rings. The van der Waals surface area contributed by atoms with Crippen molar-refractivity contribution in [3.8, 4) is 0 Å². The van der Waals surface area contributed by atoms with Gasteiger partial charge in [-0.15, -0.1) is 0 Å². The van der Waals surface area contributed by atoms with Crippen LogP contribution in [0.25, 0.3) is 0 Å². The van der Waals surface area contributed by atoms with Gasteiger partial charge in [0.05, 0.1) is 0 Å². The summed E-state index contributed by atoms with van der Waals surface area (Å²) in [5, 5.41) is 3.21. The topological polar surface area (TPSA) is 15.3 Å². The fourth-order valence-corrected chi connectivity index (χ4v) is 1.37. The van der Waals surface area contributed by atoms with Crippen LogP contribution in [0, 0.1) is 0 Å². The Kier molecular flexibility index (Phi) is 9.94. The minimum absolute atomic E-state index is 1.12. The first-order valence-electron chi connectivity index (χ1n) is 5.72. The Bertz CT molecular complexity index is 75.1. The van der Waals surface area contributed by atoms with Crippen molar-refractivity contribution in [3.63, 3.8) is 0 Å². The van der Waals surface area contributed by atoms with E-state index in [1.807, 2.05) is 7.05 Å². The van der Waals surface area contributed by atoms with Gasteiger partial charge in [-0.05, 0) is 33.0 Å². The molecule has 0 saturated heterocycles. The van der Waals surface area contributed by atoms with Crippen LogP contribution in [-0.2, 0) is 0 Å². The largest absolute Gasteiger partial charge is 0.318 e. The van der Waals surface area contributed by atoms with E-state index in [0.29, 0.717) is 0 Å². The van der Waals surface area contributed by atoms with Crippen molar-refractivity contribution >= 4 is 0 Å². The van der Waals surface area contributed by atoms with Crippen LogP contribution >= 0.6 is 0 Å². The van der Waals surface area contributed by atoms with E-state index >= 15 is 0 Å². The zero-order valence-corrected chi connectivity index (χ0v) is 9.60. The summed E-state index contributed by atoms with van der Waals surface area (Å²) in [6.07, 6.45) is 5.30. The molecule has 0 fully saturated rings. The molecule has 0 unspecified atom stereocenters. The molecule has 0 aliphatic carbocycles. The normalized spacial score (nSPS) is 11.1. The van der Waals surface area contributed by atoms with E-state index in [2.05, 4.69) is 24.1 Å². The minimum Gasteiger partial charge on any atom is -0.318 e. The second-order valence-electron chi connectivity index (χ2n) is 3.65. The van der Waals surface area contributed by atoms with Gasteiger partial charge in [-0.25, -0.2) is 0 Å².